The Labute approximate surface area is 165 Å². The number of carbonyl (C=O) groups is 1. The number of carbonyl (C=O) groups excluding carboxylic acids is 1. The van der Waals surface area contributed by atoms with E-state index < -0.39 is 0 Å². The van der Waals surface area contributed by atoms with E-state index >= 15 is 0 Å². The maximum Gasteiger partial charge on any atom is 0.229 e. The average molecular weight is 387 g/mol. The summed E-state index contributed by atoms with van der Waals surface area (Å²) in [5, 5.41) is 10.2. The van der Waals surface area contributed by atoms with Crippen LogP contribution in [-0.2, 0) is 4.79 Å². The first-order valence-electron chi connectivity index (χ1n) is 9.54. The van der Waals surface area contributed by atoms with Crippen molar-refractivity contribution < 1.29 is 4.79 Å². The van der Waals surface area contributed by atoms with Gasteiger partial charge in [-0.1, -0.05) is 37.6 Å². The van der Waals surface area contributed by atoms with Crippen molar-refractivity contribution in [2.75, 3.05) is 30.3 Å². The van der Waals surface area contributed by atoms with E-state index in [4.69, 9.17) is 11.6 Å². The maximum atomic E-state index is 12.5. The van der Waals surface area contributed by atoms with E-state index in [0.717, 1.165) is 49.3 Å². The summed E-state index contributed by atoms with van der Waals surface area (Å²) in [5.74, 6) is 1.10. The Bertz CT molecular complexity index is 788. The summed E-state index contributed by atoms with van der Waals surface area (Å²) < 4.78 is 0. The average Bonchev–Trinajstić information content (AvgIpc) is 2.68. The van der Waals surface area contributed by atoms with Crippen molar-refractivity contribution in [3.8, 4) is 11.1 Å². The predicted octanol–water partition coefficient (Wildman–Crippen LogP) is 4.41. The highest BCUT2D eigenvalue weighted by Gasteiger charge is 2.21. The second kappa shape index (κ2) is 9.20. The topological polar surface area (TPSA) is 66.0 Å². The van der Waals surface area contributed by atoms with Crippen LogP contribution in [0, 0.1) is 11.8 Å². The lowest BCUT2D eigenvalue weighted by Gasteiger charge is -2.21. The highest BCUT2D eigenvalue weighted by atomic mass is 35.5. The summed E-state index contributed by atoms with van der Waals surface area (Å²) in [6, 6.07) is 9.97. The lowest BCUT2D eigenvalue weighted by molar-refractivity contribution is -0.120. The van der Waals surface area contributed by atoms with Crippen LogP contribution >= 0.6 is 11.6 Å². The van der Waals surface area contributed by atoms with Gasteiger partial charge in [0.25, 0.3) is 0 Å². The molecule has 5 nitrogen and oxygen atoms in total. The third-order valence-electron chi connectivity index (χ3n) is 4.66. The molecule has 1 aliphatic rings. The number of rotatable bonds is 6. The van der Waals surface area contributed by atoms with E-state index in [0.29, 0.717) is 16.8 Å². The number of pyridine rings is 1. The SMILES string of the molecule is CC(C)CNc1cccc(-c2cc(NC(=O)[C@@H]3CCCNC3)ncc2Cl)c1. The van der Waals surface area contributed by atoms with Crippen LogP contribution in [-0.4, -0.2) is 30.5 Å². The molecule has 3 rings (SSSR count). The second-order valence-electron chi connectivity index (χ2n) is 7.44. The zero-order valence-electron chi connectivity index (χ0n) is 15.9. The molecule has 1 amide bonds. The first-order chi connectivity index (χ1) is 13.0. The minimum Gasteiger partial charge on any atom is -0.385 e. The molecule has 3 N–H and O–H groups in total. The van der Waals surface area contributed by atoms with Gasteiger partial charge in [0.1, 0.15) is 5.82 Å². The Kier molecular flexibility index (Phi) is 6.69. The monoisotopic (exact) mass is 386 g/mol. The van der Waals surface area contributed by atoms with Crippen molar-refractivity contribution >= 4 is 29.0 Å². The number of piperidine rings is 1. The van der Waals surface area contributed by atoms with Gasteiger partial charge in [0.05, 0.1) is 10.9 Å². The molecule has 0 spiro atoms. The largest absolute Gasteiger partial charge is 0.385 e. The van der Waals surface area contributed by atoms with E-state index in [1.54, 1.807) is 6.20 Å². The van der Waals surface area contributed by atoms with Crippen molar-refractivity contribution in [2.24, 2.45) is 11.8 Å². The number of hydrogen-bond acceptors (Lipinski definition) is 4. The van der Waals surface area contributed by atoms with Crippen LogP contribution in [0.1, 0.15) is 26.7 Å². The molecule has 27 heavy (non-hydrogen) atoms. The molecule has 1 atom stereocenters. The summed E-state index contributed by atoms with van der Waals surface area (Å²) in [7, 11) is 0. The first-order valence-corrected chi connectivity index (χ1v) is 9.92. The van der Waals surface area contributed by atoms with Gasteiger partial charge in [-0.05, 0) is 49.1 Å². The van der Waals surface area contributed by atoms with E-state index in [1.165, 1.54) is 0 Å². The van der Waals surface area contributed by atoms with Crippen LogP contribution in [0.5, 0.6) is 0 Å². The summed E-state index contributed by atoms with van der Waals surface area (Å²) in [6.45, 7) is 6.95. The lowest BCUT2D eigenvalue weighted by Crippen LogP contribution is -2.37. The third kappa shape index (κ3) is 5.44. The minimum atomic E-state index is -0.0109. The molecule has 144 valence electrons. The molecule has 0 radical (unpaired) electrons. The number of halogens is 1. The fraction of sp³-hybridized carbons (Fsp3) is 0.429. The van der Waals surface area contributed by atoms with Crippen LogP contribution in [0.15, 0.2) is 36.5 Å². The van der Waals surface area contributed by atoms with Gasteiger partial charge in [0, 0.05) is 30.5 Å². The standard InChI is InChI=1S/C21H27ClN4O/c1-14(2)11-24-17-7-3-5-15(9-17)18-10-20(25-13-19(18)22)26-21(27)16-6-4-8-23-12-16/h3,5,7,9-10,13-14,16,23-24H,4,6,8,11-12H2,1-2H3,(H,25,26,27)/t16-/m1/s1. The molecular weight excluding hydrogens is 360 g/mol. The highest BCUT2D eigenvalue weighted by Crippen LogP contribution is 2.31. The zero-order chi connectivity index (χ0) is 19.2. The van der Waals surface area contributed by atoms with Gasteiger partial charge in [-0.3, -0.25) is 4.79 Å². The Morgan fingerprint density at radius 1 is 1.37 bits per heavy atom. The number of hydrogen-bond donors (Lipinski definition) is 3. The molecule has 0 unspecified atom stereocenters. The van der Waals surface area contributed by atoms with Crippen molar-refractivity contribution in [1.82, 2.24) is 10.3 Å². The maximum absolute atomic E-state index is 12.5. The van der Waals surface area contributed by atoms with Crippen LogP contribution < -0.4 is 16.0 Å². The molecule has 2 heterocycles. The number of amides is 1. The third-order valence-corrected chi connectivity index (χ3v) is 4.96. The van der Waals surface area contributed by atoms with E-state index in [2.05, 4.69) is 40.8 Å². The Morgan fingerprint density at radius 2 is 2.22 bits per heavy atom. The highest BCUT2D eigenvalue weighted by molar-refractivity contribution is 6.33. The molecule has 0 saturated carbocycles. The second-order valence-corrected chi connectivity index (χ2v) is 7.84. The zero-order valence-corrected chi connectivity index (χ0v) is 16.6. The normalized spacial score (nSPS) is 17.0. The summed E-state index contributed by atoms with van der Waals surface area (Å²) in [6.07, 6.45) is 3.52. The fourth-order valence-corrected chi connectivity index (χ4v) is 3.36. The summed E-state index contributed by atoms with van der Waals surface area (Å²) >= 11 is 6.39. The van der Waals surface area contributed by atoms with Crippen molar-refractivity contribution in [3.63, 3.8) is 0 Å². The molecule has 1 aromatic carbocycles. The van der Waals surface area contributed by atoms with Crippen molar-refractivity contribution in [3.05, 3.63) is 41.6 Å². The number of aromatic nitrogens is 1. The number of benzene rings is 1. The van der Waals surface area contributed by atoms with Gasteiger partial charge >= 0.3 is 0 Å². The molecular formula is C21H27ClN4O. The van der Waals surface area contributed by atoms with E-state index in [9.17, 15) is 4.79 Å². The van der Waals surface area contributed by atoms with Crippen LogP contribution in [0.3, 0.4) is 0 Å². The van der Waals surface area contributed by atoms with Gasteiger partial charge in [-0.15, -0.1) is 0 Å². The van der Waals surface area contributed by atoms with Gasteiger partial charge in [0.2, 0.25) is 5.91 Å². The van der Waals surface area contributed by atoms with Crippen LogP contribution in [0.4, 0.5) is 11.5 Å². The first kappa shape index (κ1) is 19.6. The lowest BCUT2D eigenvalue weighted by atomic mass is 9.99. The molecule has 2 aromatic rings. The van der Waals surface area contributed by atoms with E-state index in [1.807, 2.05) is 24.3 Å². The molecule has 1 aromatic heterocycles. The predicted molar refractivity (Wildman–Crippen MR) is 112 cm³/mol. The number of nitrogens with one attached hydrogen (secondary N) is 3. The molecule has 1 saturated heterocycles. The van der Waals surface area contributed by atoms with Crippen molar-refractivity contribution in [2.45, 2.75) is 26.7 Å². The fourth-order valence-electron chi connectivity index (χ4n) is 3.15. The summed E-state index contributed by atoms with van der Waals surface area (Å²) in [5.41, 5.74) is 2.90. The molecule has 0 bridgehead atoms. The number of nitrogens with zero attached hydrogens (tertiary/aromatic N) is 1. The molecule has 1 aliphatic heterocycles. The molecule has 0 aliphatic carbocycles. The number of anilines is 2. The minimum absolute atomic E-state index is 0.00956. The van der Waals surface area contributed by atoms with Gasteiger partial charge in [-0.2, -0.15) is 0 Å². The van der Waals surface area contributed by atoms with Gasteiger partial charge in [-0.25, -0.2) is 4.98 Å². The Morgan fingerprint density at radius 3 is 2.96 bits per heavy atom. The summed E-state index contributed by atoms with van der Waals surface area (Å²) in [4.78, 5) is 16.8. The smallest absolute Gasteiger partial charge is 0.229 e. The Hall–Kier alpha value is -2.11. The molecule has 6 heteroatoms. The van der Waals surface area contributed by atoms with Crippen LogP contribution in [0.2, 0.25) is 5.02 Å². The van der Waals surface area contributed by atoms with Crippen LogP contribution in [0.25, 0.3) is 11.1 Å². The molecule has 1 fully saturated rings. The van der Waals surface area contributed by atoms with Crippen molar-refractivity contribution in [1.29, 1.82) is 0 Å². The van der Waals surface area contributed by atoms with Gasteiger partial charge in [0.15, 0.2) is 0 Å². The quantitative estimate of drug-likeness (QED) is 0.688. The Balaban J connectivity index is 1.77. The van der Waals surface area contributed by atoms with E-state index in [-0.39, 0.29) is 11.8 Å². The van der Waals surface area contributed by atoms with Gasteiger partial charge < -0.3 is 16.0 Å².